The smallest absolute Gasteiger partial charge is 0.461 e. The van der Waals surface area contributed by atoms with E-state index in [4.69, 9.17) is 4.74 Å². The number of nitrogens with zero attached hydrogens (tertiary/aromatic N) is 3. The van der Waals surface area contributed by atoms with Crippen LogP contribution in [0.1, 0.15) is 30.0 Å². The van der Waals surface area contributed by atoms with Gasteiger partial charge in [-0.3, -0.25) is 4.40 Å². The molecule has 0 saturated carbocycles. The van der Waals surface area contributed by atoms with Gasteiger partial charge in [-0.15, -0.1) is 13.2 Å². The number of halogens is 3. The number of esters is 1. The van der Waals surface area contributed by atoms with E-state index in [1.165, 1.54) is 0 Å². The summed E-state index contributed by atoms with van der Waals surface area (Å²) in [5, 5.41) is 0. The lowest BCUT2D eigenvalue weighted by molar-refractivity contribution is -0.274. The van der Waals surface area contributed by atoms with Gasteiger partial charge in [0.15, 0.2) is 11.4 Å². The van der Waals surface area contributed by atoms with Gasteiger partial charge in [0.1, 0.15) is 0 Å². The molecule has 0 saturated heterocycles. The number of fused-ring (bicyclic) bond motifs is 1. The largest absolute Gasteiger partial charge is 0.573 e. The second kappa shape index (κ2) is 5.58. The summed E-state index contributed by atoms with van der Waals surface area (Å²) in [4.78, 5) is 19.8. The van der Waals surface area contributed by atoms with Crippen LogP contribution in [0.2, 0.25) is 0 Å². The van der Waals surface area contributed by atoms with Crippen molar-refractivity contribution in [2.45, 2.75) is 26.6 Å². The van der Waals surface area contributed by atoms with Crippen LogP contribution in [0.5, 0.6) is 5.75 Å². The number of ether oxygens (including phenoxy) is 2. The van der Waals surface area contributed by atoms with Crippen LogP contribution < -0.4 is 4.74 Å². The summed E-state index contributed by atoms with van der Waals surface area (Å²) in [5.74, 6) is -1.11. The molecule has 114 valence electrons. The Hall–Kier alpha value is -2.32. The van der Waals surface area contributed by atoms with Gasteiger partial charge in [-0.1, -0.05) is 6.92 Å². The maximum Gasteiger partial charge on any atom is 0.573 e. The van der Waals surface area contributed by atoms with E-state index < -0.39 is 18.1 Å². The second-order valence-corrected chi connectivity index (χ2v) is 3.99. The van der Waals surface area contributed by atoms with Crippen LogP contribution in [-0.2, 0) is 11.2 Å². The molecule has 2 heterocycles. The van der Waals surface area contributed by atoms with Gasteiger partial charge < -0.3 is 9.47 Å². The molecule has 2 aromatic rings. The van der Waals surface area contributed by atoms with Crippen molar-refractivity contribution < 1.29 is 27.4 Å². The van der Waals surface area contributed by atoms with Crippen molar-refractivity contribution in [2.24, 2.45) is 0 Å². The SMILES string of the molecule is CCOC(=O)c1c(CC)nc2ncc(OC(F)(F)F)cn12. The molecule has 21 heavy (non-hydrogen) atoms. The summed E-state index contributed by atoms with van der Waals surface area (Å²) in [7, 11) is 0. The average molecular weight is 303 g/mol. The summed E-state index contributed by atoms with van der Waals surface area (Å²) < 4.78 is 46.5. The minimum absolute atomic E-state index is 0.0504. The normalized spacial score (nSPS) is 11.7. The summed E-state index contributed by atoms with van der Waals surface area (Å²) in [5.41, 5.74) is 0.444. The highest BCUT2D eigenvalue weighted by molar-refractivity contribution is 5.90. The topological polar surface area (TPSA) is 65.7 Å². The molecule has 0 aliphatic heterocycles. The number of carbonyl (C=O) groups is 1. The molecule has 2 rings (SSSR count). The van der Waals surface area contributed by atoms with Crippen LogP contribution >= 0.6 is 0 Å². The predicted molar refractivity (Wildman–Crippen MR) is 65.0 cm³/mol. The zero-order valence-corrected chi connectivity index (χ0v) is 11.3. The number of hydrogen-bond acceptors (Lipinski definition) is 5. The number of hydrogen-bond donors (Lipinski definition) is 0. The van der Waals surface area contributed by atoms with Crippen LogP contribution in [0, 0.1) is 0 Å². The third-order valence-electron chi connectivity index (χ3n) is 2.57. The van der Waals surface area contributed by atoms with Gasteiger partial charge in [0.2, 0.25) is 5.78 Å². The van der Waals surface area contributed by atoms with Gasteiger partial charge in [0.25, 0.3) is 0 Å². The van der Waals surface area contributed by atoms with Crippen molar-refractivity contribution in [2.75, 3.05) is 6.61 Å². The first-order valence-electron chi connectivity index (χ1n) is 6.15. The molecule has 0 atom stereocenters. The van der Waals surface area contributed by atoms with Gasteiger partial charge in [0.05, 0.1) is 24.7 Å². The van der Waals surface area contributed by atoms with Crippen LogP contribution in [0.3, 0.4) is 0 Å². The molecule has 0 N–H and O–H groups in total. The molecule has 9 heteroatoms. The number of carbonyl (C=O) groups excluding carboxylic acids is 1. The molecular weight excluding hydrogens is 291 g/mol. The second-order valence-electron chi connectivity index (χ2n) is 3.99. The molecule has 0 radical (unpaired) electrons. The van der Waals surface area contributed by atoms with Crippen molar-refractivity contribution in [3.63, 3.8) is 0 Å². The van der Waals surface area contributed by atoms with Crippen molar-refractivity contribution in [1.29, 1.82) is 0 Å². The Bertz CT molecular complexity index is 667. The number of aromatic nitrogens is 3. The zero-order valence-electron chi connectivity index (χ0n) is 11.3. The first kappa shape index (κ1) is 15.1. The van der Waals surface area contributed by atoms with E-state index in [-0.39, 0.29) is 18.1 Å². The maximum absolute atomic E-state index is 12.2. The third-order valence-corrected chi connectivity index (χ3v) is 2.57. The third kappa shape index (κ3) is 3.23. The highest BCUT2D eigenvalue weighted by Crippen LogP contribution is 2.23. The van der Waals surface area contributed by atoms with Crippen molar-refractivity contribution >= 4 is 11.7 Å². The highest BCUT2D eigenvalue weighted by Gasteiger charge is 2.32. The van der Waals surface area contributed by atoms with E-state index in [9.17, 15) is 18.0 Å². The number of imidazole rings is 1. The lowest BCUT2D eigenvalue weighted by Crippen LogP contribution is -2.18. The van der Waals surface area contributed by atoms with Crippen LogP contribution in [-0.4, -0.2) is 33.3 Å². The Morgan fingerprint density at radius 3 is 2.67 bits per heavy atom. The van der Waals surface area contributed by atoms with E-state index in [1.807, 2.05) is 0 Å². The minimum Gasteiger partial charge on any atom is -0.461 e. The zero-order chi connectivity index (χ0) is 15.6. The summed E-state index contributed by atoms with van der Waals surface area (Å²) in [6, 6.07) is 0. The van der Waals surface area contributed by atoms with Crippen LogP contribution in [0.15, 0.2) is 12.4 Å². The fourth-order valence-electron chi connectivity index (χ4n) is 1.81. The van der Waals surface area contributed by atoms with Gasteiger partial charge in [-0.05, 0) is 13.3 Å². The molecule has 6 nitrogen and oxygen atoms in total. The van der Waals surface area contributed by atoms with Gasteiger partial charge in [-0.2, -0.15) is 0 Å². The van der Waals surface area contributed by atoms with Crippen LogP contribution in [0.25, 0.3) is 5.78 Å². The van der Waals surface area contributed by atoms with Gasteiger partial charge in [-0.25, -0.2) is 14.8 Å². The molecule has 0 aliphatic rings. The first-order chi connectivity index (χ1) is 9.85. The molecule has 0 unspecified atom stereocenters. The Balaban J connectivity index is 2.53. The van der Waals surface area contributed by atoms with Crippen molar-refractivity contribution in [1.82, 2.24) is 14.4 Å². The van der Waals surface area contributed by atoms with E-state index in [1.54, 1.807) is 13.8 Å². The summed E-state index contributed by atoms with van der Waals surface area (Å²) in [6.45, 7) is 3.53. The van der Waals surface area contributed by atoms with Crippen molar-refractivity contribution in [3.05, 3.63) is 23.8 Å². The molecule has 0 fully saturated rings. The van der Waals surface area contributed by atoms with Gasteiger partial charge >= 0.3 is 12.3 Å². The number of aryl methyl sites for hydroxylation is 1. The fourth-order valence-corrected chi connectivity index (χ4v) is 1.81. The quantitative estimate of drug-likeness (QED) is 0.811. The summed E-state index contributed by atoms with van der Waals surface area (Å²) in [6.07, 6.45) is -2.53. The molecule has 0 spiro atoms. The Kier molecular flexibility index (Phi) is 4.01. The lowest BCUT2D eigenvalue weighted by atomic mass is 10.2. The van der Waals surface area contributed by atoms with E-state index in [0.29, 0.717) is 12.1 Å². The summed E-state index contributed by atoms with van der Waals surface area (Å²) >= 11 is 0. The Labute approximate surface area is 117 Å². The molecular formula is C12H12F3N3O3. The fraction of sp³-hybridized carbons (Fsp3) is 0.417. The number of alkyl halides is 3. The molecule has 0 aromatic carbocycles. The van der Waals surface area contributed by atoms with Crippen LogP contribution in [0.4, 0.5) is 13.2 Å². The predicted octanol–water partition coefficient (Wildman–Crippen LogP) is 2.37. The van der Waals surface area contributed by atoms with Crippen molar-refractivity contribution in [3.8, 4) is 5.75 Å². The molecule has 0 amide bonds. The van der Waals surface area contributed by atoms with Gasteiger partial charge in [0, 0.05) is 0 Å². The first-order valence-corrected chi connectivity index (χ1v) is 6.15. The Morgan fingerprint density at radius 2 is 2.10 bits per heavy atom. The standard InChI is InChI=1S/C12H12F3N3O3/c1-3-8-9(10(19)20-4-2)18-6-7(21-12(13,14)15)5-16-11(18)17-8/h5-6H,3-4H2,1-2H3. The van der Waals surface area contributed by atoms with E-state index in [2.05, 4.69) is 14.7 Å². The minimum atomic E-state index is -4.84. The molecule has 0 bridgehead atoms. The monoisotopic (exact) mass is 303 g/mol. The molecule has 0 aliphatic carbocycles. The highest BCUT2D eigenvalue weighted by atomic mass is 19.4. The maximum atomic E-state index is 12.2. The van der Waals surface area contributed by atoms with E-state index in [0.717, 1.165) is 16.8 Å². The molecule has 2 aromatic heterocycles. The lowest BCUT2D eigenvalue weighted by Gasteiger charge is -2.09. The number of rotatable bonds is 4. The Morgan fingerprint density at radius 1 is 1.38 bits per heavy atom. The average Bonchev–Trinajstić information content (AvgIpc) is 2.74. The van der Waals surface area contributed by atoms with E-state index >= 15 is 0 Å².